The van der Waals surface area contributed by atoms with Crippen molar-refractivity contribution in [3.05, 3.63) is 66.2 Å². The third-order valence-corrected chi connectivity index (χ3v) is 4.98. The molecular weight excluding hydrogens is 328 g/mol. The average molecular weight is 350 g/mol. The van der Waals surface area contributed by atoms with Gasteiger partial charge in [0, 0.05) is 5.69 Å². The van der Waals surface area contributed by atoms with Crippen LogP contribution >= 0.6 is 0 Å². The van der Waals surface area contributed by atoms with Crippen LogP contribution in [0.15, 0.2) is 60.7 Å². The summed E-state index contributed by atoms with van der Waals surface area (Å²) in [5, 5.41) is 2.99. The van der Waals surface area contributed by atoms with E-state index in [0.29, 0.717) is 19.0 Å². The highest BCUT2D eigenvalue weighted by atomic mass is 16.6. The second-order valence-electron chi connectivity index (χ2n) is 6.92. The van der Waals surface area contributed by atoms with Gasteiger partial charge in [0.2, 0.25) is 5.91 Å². The molecule has 2 unspecified atom stereocenters. The topological polar surface area (TPSA) is 58.6 Å². The number of carbonyl (C=O) groups excluding carboxylic acids is 2. The maximum Gasteiger partial charge on any atom is 0.414 e. The number of ether oxygens (including phenoxy) is 1. The standard InChI is InChI=1S/C21H22N2O3/c24-20(19(16-11-12-16)15-7-3-1-4-8-15)22-13-18-14-23(21(25)26-18)17-9-5-2-6-10-17/h1-10,16,18-19H,11-14H2,(H,22,24). The average Bonchev–Trinajstić information content (AvgIpc) is 3.43. The maximum absolute atomic E-state index is 12.7. The molecule has 0 spiro atoms. The first-order chi connectivity index (χ1) is 12.7. The summed E-state index contributed by atoms with van der Waals surface area (Å²) < 4.78 is 5.41. The van der Waals surface area contributed by atoms with Crippen LogP contribution in [-0.4, -0.2) is 31.2 Å². The van der Waals surface area contributed by atoms with Crippen molar-refractivity contribution < 1.29 is 14.3 Å². The summed E-state index contributed by atoms with van der Waals surface area (Å²) in [6.07, 6.45) is 1.49. The second kappa shape index (κ2) is 7.20. The first-order valence-electron chi connectivity index (χ1n) is 9.08. The molecule has 2 atom stereocenters. The lowest BCUT2D eigenvalue weighted by Gasteiger charge is -2.18. The van der Waals surface area contributed by atoms with Crippen LogP contribution in [0, 0.1) is 5.92 Å². The van der Waals surface area contributed by atoms with E-state index in [1.165, 1.54) is 0 Å². The molecule has 2 amide bonds. The highest BCUT2D eigenvalue weighted by molar-refractivity contribution is 5.90. The van der Waals surface area contributed by atoms with Gasteiger partial charge < -0.3 is 10.1 Å². The Morgan fingerprint density at radius 3 is 2.38 bits per heavy atom. The van der Waals surface area contributed by atoms with E-state index >= 15 is 0 Å². The fourth-order valence-electron chi connectivity index (χ4n) is 3.50. The zero-order valence-corrected chi connectivity index (χ0v) is 14.5. The molecule has 2 aromatic rings. The van der Waals surface area contributed by atoms with E-state index in [1.807, 2.05) is 60.7 Å². The van der Waals surface area contributed by atoms with Gasteiger partial charge >= 0.3 is 6.09 Å². The number of nitrogens with zero attached hydrogens (tertiary/aromatic N) is 1. The molecule has 134 valence electrons. The summed E-state index contributed by atoms with van der Waals surface area (Å²) in [7, 11) is 0. The van der Waals surface area contributed by atoms with Crippen molar-refractivity contribution in [1.29, 1.82) is 0 Å². The van der Waals surface area contributed by atoms with Crippen LogP contribution in [0.25, 0.3) is 0 Å². The lowest BCUT2D eigenvalue weighted by molar-refractivity contribution is -0.123. The number of amides is 2. The third kappa shape index (κ3) is 3.57. The Morgan fingerprint density at radius 1 is 1.08 bits per heavy atom. The molecule has 2 fully saturated rings. The molecule has 0 aromatic heterocycles. The molecule has 1 saturated carbocycles. The molecular formula is C21H22N2O3. The van der Waals surface area contributed by atoms with Crippen LogP contribution in [0.3, 0.4) is 0 Å². The second-order valence-corrected chi connectivity index (χ2v) is 6.92. The largest absolute Gasteiger partial charge is 0.442 e. The number of cyclic esters (lactones) is 1. The number of benzene rings is 2. The van der Waals surface area contributed by atoms with Crippen molar-refractivity contribution in [1.82, 2.24) is 5.32 Å². The summed E-state index contributed by atoms with van der Waals surface area (Å²) in [6, 6.07) is 19.3. The minimum absolute atomic E-state index is 0.0212. The Bertz CT molecular complexity index is 774. The Balaban J connectivity index is 1.36. The number of rotatable bonds is 6. The maximum atomic E-state index is 12.7. The number of hydrogen-bond acceptors (Lipinski definition) is 3. The highest BCUT2D eigenvalue weighted by Crippen LogP contribution is 2.42. The zero-order valence-electron chi connectivity index (χ0n) is 14.5. The molecule has 1 aliphatic carbocycles. The predicted octanol–water partition coefficient (Wildman–Crippen LogP) is 3.32. The molecule has 5 nitrogen and oxygen atoms in total. The van der Waals surface area contributed by atoms with E-state index in [9.17, 15) is 9.59 Å². The summed E-state index contributed by atoms with van der Waals surface area (Å²) in [5.74, 6) is 0.329. The molecule has 1 aliphatic heterocycles. The van der Waals surface area contributed by atoms with Crippen molar-refractivity contribution in [3.63, 3.8) is 0 Å². The number of nitrogens with one attached hydrogen (secondary N) is 1. The molecule has 1 saturated heterocycles. The molecule has 2 aromatic carbocycles. The van der Waals surface area contributed by atoms with E-state index in [1.54, 1.807) is 4.90 Å². The Labute approximate surface area is 153 Å². The van der Waals surface area contributed by atoms with Crippen LogP contribution in [0.4, 0.5) is 10.5 Å². The van der Waals surface area contributed by atoms with Crippen molar-refractivity contribution in [2.45, 2.75) is 24.9 Å². The predicted molar refractivity (Wildman–Crippen MR) is 99.0 cm³/mol. The molecule has 0 bridgehead atoms. The lowest BCUT2D eigenvalue weighted by atomic mass is 9.93. The highest BCUT2D eigenvalue weighted by Gasteiger charge is 2.38. The van der Waals surface area contributed by atoms with E-state index in [4.69, 9.17) is 4.74 Å². The SMILES string of the molecule is O=C(NCC1CN(c2ccccc2)C(=O)O1)C(c1ccccc1)C1CC1. The van der Waals surface area contributed by atoms with Gasteiger partial charge in [-0.15, -0.1) is 0 Å². The summed E-state index contributed by atoms with van der Waals surface area (Å²) in [5.41, 5.74) is 1.87. The molecule has 26 heavy (non-hydrogen) atoms. The molecule has 1 N–H and O–H groups in total. The van der Waals surface area contributed by atoms with Crippen LogP contribution in [0.2, 0.25) is 0 Å². The normalized spacial score (nSPS) is 20.5. The molecule has 1 heterocycles. The van der Waals surface area contributed by atoms with Gasteiger partial charge in [0.1, 0.15) is 6.10 Å². The summed E-state index contributed by atoms with van der Waals surface area (Å²) in [4.78, 5) is 26.4. The van der Waals surface area contributed by atoms with Gasteiger partial charge in [-0.2, -0.15) is 0 Å². The number of carbonyl (C=O) groups is 2. The lowest BCUT2D eigenvalue weighted by Crippen LogP contribution is -2.37. The van der Waals surface area contributed by atoms with Crippen molar-refractivity contribution >= 4 is 17.7 Å². The van der Waals surface area contributed by atoms with Gasteiger partial charge in [-0.3, -0.25) is 9.69 Å². The van der Waals surface area contributed by atoms with E-state index in [0.717, 1.165) is 24.1 Å². The van der Waals surface area contributed by atoms with Gasteiger partial charge in [-0.1, -0.05) is 48.5 Å². The Kier molecular flexibility index (Phi) is 4.61. The van der Waals surface area contributed by atoms with Crippen molar-refractivity contribution in [3.8, 4) is 0 Å². The Morgan fingerprint density at radius 2 is 1.73 bits per heavy atom. The number of anilines is 1. The fraction of sp³-hybridized carbons (Fsp3) is 0.333. The van der Waals surface area contributed by atoms with E-state index in [-0.39, 0.29) is 24.0 Å². The minimum atomic E-state index is -0.364. The smallest absolute Gasteiger partial charge is 0.414 e. The number of para-hydroxylation sites is 1. The molecule has 0 radical (unpaired) electrons. The van der Waals surface area contributed by atoms with Crippen LogP contribution in [0.1, 0.15) is 24.3 Å². The van der Waals surface area contributed by atoms with Crippen LogP contribution < -0.4 is 10.2 Å². The van der Waals surface area contributed by atoms with Gasteiger partial charge in [0.05, 0.1) is 19.0 Å². The summed E-state index contributed by atoms with van der Waals surface area (Å²) in [6.45, 7) is 0.784. The van der Waals surface area contributed by atoms with E-state index in [2.05, 4.69) is 5.32 Å². The van der Waals surface area contributed by atoms with Gasteiger partial charge in [0.25, 0.3) is 0 Å². The molecule has 4 rings (SSSR count). The van der Waals surface area contributed by atoms with Crippen LogP contribution in [-0.2, 0) is 9.53 Å². The Hall–Kier alpha value is -2.82. The zero-order chi connectivity index (χ0) is 17.9. The summed E-state index contributed by atoms with van der Waals surface area (Å²) >= 11 is 0. The van der Waals surface area contributed by atoms with Crippen molar-refractivity contribution in [2.75, 3.05) is 18.0 Å². The first-order valence-corrected chi connectivity index (χ1v) is 9.08. The molecule has 5 heteroatoms. The first kappa shape index (κ1) is 16.6. The van der Waals surface area contributed by atoms with Crippen molar-refractivity contribution in [2.24, 2.45) is 5.92 Å². The molecule has 2 aliphatic rings. The van der Waals surface area contributed by atoms with Gasteiger partial charge in [-0.25, -0.2) is 4.79 Å². The quantitative estimate of drug-likeness (QED) is 0.869. The third-order valence-electron chi connectivity index (χ3n) is 4.98. The minimum Gasteiger partial charge on any atom is -0.442 e. The fourth-order valence-corrected chi connectivity index (χ4v) is 3.50. The van der Waals surface area contributed by atoms with Gasteiger partial charge in [0.15, 0.2) is 0 Å². The number of hydrogen-bond donors (Lipinski definition) is 1. The monoisotopic (exact) mass is 350 g/mol. The van der Waals surface area contributed by atoms with Crippen LogP contribution in [0.5, 0.6) is 0 Å². The van der Waals surface area contributed by atoms with Gasteiger partial charge in [-0.05, 0) is 36.5 Å². The van der Waals surface area contributed by atoms with E-state index < -0.39 is 0 Å².